The summed E-state index contributed by atoms with van der Waals surface area (Å²) in [6.07, 6.45) is -0.200. The summed E-state index contributed by atoms with van der Waals surface area (Å²) in [5, 5.41) is 15.6. The lowest BCUT2D eigenvalue weighted by molar-refractivity contribution is -0.123. The first-order chi connectivity index (χ1) is 17.4. The van der Waals surface area contributed by atoms with Crippen LogP contribution in [0.5, 0.6) is 0 Å². The van der Waals surface area contributed by atoms with E-state index in [0.29, 0.717) is 38.5 Å². The molecule has 0 radical (unpaired) electrons. The lowest BCUT2D eigenvalue weighted by Crippen LogP contribution is -2.52. The van der Waals surface area contributed by atoms with E-state index in [0.717, 1.165) is 5.56 Å². The molecule has 204 valence electrons. The Morgan fingerprint density at radius 1 is 1.19 bits per heavy atom. The van der Waals surface area contributed by atoms with Gasteiger partial charge >= 0.3 is 6.09 Å². The molecule has 37 heavy (non-hydrogen) atoms. The second kappa shape index (κ2) is 14.2. The van der Waals surface area contributed by atoms with E-state index in [-0.39, 0.29) is 29.8 Å². The number of alkyl carbamates (subject to hydrolysis) is 1. The molecule has 0 aliphatic carbocycles. The SMILES string of the molecule is CC(C)COC(=O)NC(=NC(CC(C)(C)C)C(=O)NC(C)(C#N)SCc1ccccc1)N1CCOCC1. The van der Waals surface area contributed by atoms with E-state index in [4.69, 9.17) is 14.5 Å². The summed E-state index contributed by atoms with van der Waals surface area (Å²) in [6, 6.07) is 11.2. The Hall–Kier alpha value is -2.77. The normalized spacial score (nSPS) is 16.9. The zero-order valence-electron chi connectivity index (χ0n) is 22.9. The summed E-state index contributed by atoms with van der Waals surface area (Å²) in [4.78, 5) is 31.5. The van der Waals surface area contributed by atoms with Crippen molar-refractivity contribution in [2.45, 2.75) is 64.6 Å². The fourth-order valence-electron chi connectivity index (χ4n) is 3.48. The second-order valence-corrected chi connectivity index (χ2v) is 12.3. The summed E-state index contributed by atoms with van der Waals surface area (Å²) in [7, 11) is 0. The average Bonchev–Trinajstić information content (AvgIpc) is 2.85. The Morgan fingerprint density at radius 3 is 2.41 bits per heavy atom. The minimum atomic E-state index is -1.15. The minimum absolute atomic E-state index is 0.186. The molecule has 0 aromatic heterocycles. The first-order valence-electron chi connectivity index (χ1n) is 12.7. The van der Waals surface area contributed by atoms with Gasteiger partial charge in [-0.3, -0.25) is 10.1 Å². The maximum atomic E-state index is 13.6. The average molecular weight is 532 g/mol. The largest absolute Gasteiger partial charge is 0.449 e. The topological polar surface area (TPSA) is 116 Å². The minimum Gasteiger partial charge on any atom is -0.449 e. The molecule has 1 aromatic carbocycles. The molecule has 2 N–H and O–H groups in total. The molecule has 9 nitrogen and oxygen atoms in total. The number of guanidine groups is 1. The van der Waals surface area contributed by atoms with Gasteiger partial charge in [-0.15, -0.1) is 11.8 Å². The maximum absolute atomic E-state index is 13.6. The number of hydrogen-bond donors (Lipinski definition) is 2. The number of carbonyl (C=O) groups is 2. The van der Waals surface area contributed by atoms with Gasteiger partial charge in [-0.1, -0.05) is 65.0 Å². The van der Waals surface area contributed by atoms with Crippen molar-refractivity contribution in [2.75, 3.05) is 32.9 Å². The van der Waals surface area contributed by atoms with Crippen molar-refractivity contribution < 1.29 is 19.1 Å². The number of benzene rings is 1. The highest BCUT2D eigenvalue weighted by atomic mass is 32.2. The number of hydrogen-bond acceptors (Lipinski definition) is 7. The van der Waals surface area contributed by atoms with Crippen LogP contribution in [0.1, 0.15) is 53.5 Å². The molecule has 10 heteroatoms. The molecule has 1 aliphatic heterocycles. The van der Waals surface area contributed by atoms with E-state index in [1.807, 2.05) is 69.9 Å². The molecule has 2 amide bonds. The first-order valence-corrected chi connectivity index (χ1v) is 13.6. The Labute approximate surface area is 225 Å². The lowest BCUT2D eigenvalue weighted by atomic mass is 9.88. The van der Waals surface area contributed by atoms with E-state index in [9.17, 15) is 14.9 Å². The number of aliphatic imine (C=N–C) groups is 1. The van der Waals surface area contributed by atoms with E-state index in [1.165, 1.54) is 11.8 Å². The van der Waals surface area contributed by atoms with Crippen LogP contribution in [0.2, 0.25) is 0 Å². The number of nitrogens with one attached hydrogen (secondary N) is 2. The van der Waals surface area contributed by atoms with Crippen LogP contribution in [0, 0.1) is 22.7 Å². The fraction of sp³-hybridized carbons (Fsp3) is 0.630. The van der Waals surface area contributed by atoms with Crippen LogP contribution in [-0.4, -0.2) is 66.7 Å². The summed E-state index contributed by atoms with van der Waals surface area (Å²) < 4.78 is 10.8. The van der Waals surface area contributed by atoms with Gasteiger partial charge in [-0.05, 0) is 30.2 Å². The molecule has 0 saturated carbocycles. The van der Waals surface area contributed by atoms with Gasteiger partial charge in [0.2, 0.25) is 11.9 Å². The Bertz CT molecular complexity index is 952. The highest BCUT2D eigenvalue weighted by molar-refractivity contribution is 8.00. The summed E-state index contributed by atoms with van der Waals surface area (Å²) in [5.41, 5.74) is 0.825. The van der Waals surface area contributed by atoms with E-state index >= 15 is 0 Å². The molecule has 1 aromatic rings. The lowest BCUT2D eigenvalue weighted by Gasteiger charge is -2.32. The van der Waals surface area contributed by atoms with E-state index in [2.05, 4.69) is 16.7 Å². The van der Waals surface area contributed by atoms with Crippen LogP contribution in [0.4, 0.5) is 4.79 Å². The quantitative estimate of drug-likeness (QED) is 0.279. The predicted molar refractivity (Wildman–Crippen MR) is 147 cm³/mol. The number of thioether (sulfide) groups is 1. The molecular weight excluding hydrogens is 490 g/mol. The summed E-state index contributed by atoms with van der Waals surface area (Å²) in [5.74, 6) is 0.659. The number of nitrogens with zero attached hydrogens (tertiary/aromatic N) is 3. The molecule has 0 spiro atoms. The van der Waals surface area contributed by atoms with Gasteiger partial charge in [0.15, 0.2) is 4.87 Å². The summed E-state index contributed by atoms with van der Waals surface area (Å²) in [6.45, 7) is 14.0. The predicted octanol–water partition coefficient (Wildman–Crippen LogP) is 4.15. The zero-order valence-corrected chi connectivity index (χ0v) is 23.7. The smallest absolute Gasteiger partial charge is 0.413 e. The molecular formula is C27H41N5O4S. The maximum Gasteiger partial charge on any atom is 0.413 e. The monoisotopic (exact) mass is 531 g/mol. The Kier molecular flexibility index (Phi) is 11.7. The van der Waals surface area contributed by atoms with Gasteiger partial charge < -0.3 is 19.7 Å². The van der Waals surface area contributed by atoms with Crippen LogP contribution in [0.25, 0.3) is 0 Å². The van der Waals surface area contributed by atoms with Gasteiger partial charge in [0, 0.05) is 18.8 Å². The highest BCUT2D eigenvalue weighted by Gasteiger charge is 2.33. The molecule has 2 atom stereocenters. The third-order valence-corrected chi connectivity index (χ3v) is 6.65. The first kappa shape index (κ1) is 30.5. The van der Waals surface area contributed by atoms with Crippen molar-refractivity contribution in [3.05, 3.63) is 35.9 Å². The number of amides is 2. The third-order valence-electron chi connectivity index (χ3n) is 5.40. The molecule has 2 unspecified atom stereocenters. The number of rotatable bonds is 9. The number of morpholine rings is 1. The molecule has 1 fully saturated rings. The Balaban J connectivity index is 2.27. The summed E-state index contributed by atoms with van der Waals surface area (Å²) >= 11 is 1.35. The van der Waals surface area contributed by atoms with Gasteiger partial charge in [-0.25, -0.2) is 9.79 Å². The number of nitriles is 1. The van der Waals surface area contributed by atoms with Crippen molar-refractivity contribution in [2.24, 2.45) is 16.3 Å². The van der Waals surface area contributed by atoms with Crippen molar-refractivity contribution in [3.8, 4) is 6.07 Å². The zero-order chi connectivity index (χ0) is 27.5. The van der Waals surface area contributed by atoms with Crippen LogP contribution in [0.15, 0.2) is 35.3 Å². The number of carbonyl (C=O) groups excluding carboxylic acids is 2. The van der Waals surface area contributed by atoms with Gasteiger partial charge in [0.25, 0.3) is 0 Å². The van der Waals surface area contributed by atoms with Crippen LogP contribution in [0.3, 0.4) is 0 Å². The fourth-order valence-corrected chi connectivity index (χ4v) is 4.36. The van der Waals surface area contributed by atoms with Crippen LogP contribution in [-0.2, 0) is 20.0 Å². The van der Waals surface area contributed by atoms with Crippen LogP contribution >= 0.6 is 11.8 Å². The number of ether oxygens (including phenoxy) is 2. The van der Waals surface area contributed by atoms with E-state index < -0.39 is 17.0 Å². The van der Waals surface area contributed by atoms with Crippen molar-refractivity contribution in [1.29, 1.82) is 5.26 Å². The molecule has 2 rings (SSSR count). The van der Waals surface area contributed by atoms with Gasteiger partial charge in [0.1, 0.15) is 12.1 Å². The molecule has 1 aliphatic rings. The highest BCUT2D eigenvalue weighted by Crippen LogP contribution is 2.28. The standard InChI is InChI=1S/C27H41N5O4S/c1-20(2)17-36-25(34)30-24(32-12-14-35-15-13-32)29-22(16-26(3,4)5)23(33)31-27(6,19-28)37-18-21-10-8-7-9-11-21/h7-11,20,22H,12-18H2,1-6H3,(H,31,33)(H,29,30,34). The van der Waals surface area contributed by atoms with E-state index in [1.54, 1.807) is 6.92 Å². The molecule has 0 bridgehead atoms. The van der Waals surface area contributed by atoms with Crippen molar-refractivity contribution >= 4 is 29.7 Å². The second-order valence-electron chi connectivity index (χ2n) is 10.9. The van der Waals surface area contributed by atoms with Gasteiger partial charge in [-0.2, -0.15) is 5.26 Å². The van der Waals surface area contributed by atoms with Crippen LogP contribution < -0.4 is 10.6 Å². The third kappa shape index (κ3) is 11.4. The van der Waals surface area contributed by atoms with Crippen molar-refractivity contribution in [3.63, 3.8) is 0 Å². The Morgan fingerprint density at radius 2 is 1.84 bits per heavy atom. The van der Waals surface area contributed by atoms with Crippen molar-refractivity contribution in [1.82, 2.24) is 15.5 Å². The van der Waals surface area contributed by atoms with Gasteiger partial charge in [0.05, 0.1) is 19.8 Å². The molecule has 1 saturated heterocycles. The molecule has 1 heterocycles.